The van der Waals surface area contributed by atoms with Crippen molar-refractivity contribution in [1.82, 2.24) is 0 Å². The van der Waals surface area contributed by atoms with E-state index < -0.39 is 16.9 Å². The standard InChI is InChI=1S/C30H33N3O8/c1-3-38-29(34)22-9-18-28(27(21-22)30(35)39-4-2)41-20-8-6-5-7-19-40-26-16-12-24(13-17-26)32-31-23-10-14-25(15-11-23)33(36)37/h9-18,21H,3-8,19-20H2,1-2H3. The van der Waals surface area contributed by atoms with Crippen molar-refractivity contribution in [2.75, 3.05) is 26.4 Å². The van der Waals surface area contributed by atoms with Crippen molar-refractivity contribution in [2.45, 2.75) is 39.5 Å². The number of unbranched alkanes of at least 4 members (excludes halogenated alkanes) is 3. The van der Waals surface area contributed by atoms with Gasteiger partial charge >= 0.3 is 11.9 Å². The summed E-state index contributed by atoms with van der Waals surface area (Å²) >= 11 is 0. The fourth-order valence-electron chi connectivity index (χ4n) is 3.66. The Labute approximate surface area is 238 Å². The number of carbonyl (C=O) groups excluding carboxylic acids is 2. The third kappa shape index (κ3) is 10.0. The second-order valence-corrected chi connectivity index (χ2v) is 8.73. The van der Waals surface area contributed by atoms with Gasteiger partial charge in [0.15, 0.2) is 0 Å². The number of nitro benzene ring substituents is 1. The lowest BCUT2D eigenvalue weighted by molar-refractivity contribution is -0.384. The summed E-state index contributed by atoms with van der Waals surface area (Å²) in [6.07, 6.45) is 3.51. The minimum atomic E-state index is -0.550. The van der Waals surface area contributed by atoms with E-state index in [2.05, 4.69) is 10.2 Å². The topological polar surface area (TPSA) is 139 Å². The lowest BCUT2D eigenvalue weighted by Crippen LogP contribution is -2.11. The van der Waals surface area contributed by atoms with Gasteiger partial charge in [-0.1, -0.05) is 0 Å². The molecule has 0 radical (unpaired) electrons. The highest BCUT2D eigenvalue weighted by Gasteiger charge is 2.18. The molecule has 11 heteroatoms. The number of azo groups is 1. The van der Waals surface area contributed by atoms with Crippen molar-refractivity contribution in [1.29, 1.82) is 0 Å². The van der Waals surface area contributed by atoms with Crippen molar-refractivity contribution < 1.29 is 33.5 Å². The predicted octanol–water partition coefficient (Wildman–Crippen LogP) is 7.38. The van der Waals surface area contributed by atoms with Gasteiger partial charge in [-0.2, -0.15) is 10.2 Å². The summed E-state index contributed by atoms with van der Waals surface area (Å²) in [5.41, 5.74) is 1.63. The zero-order valence-corrected chi connectivity index (χ0v) is 23.1. The number of ether oxygens (including phenoxy) is 4. The van der Waals surface area contributed by atoms with Crippen molar-refractivity contribution in [3.05, 3.63) is 88.0 Å². The molecule has 0 unspecified atom stereocenters. The SMILES string of the molecule is CCOC(=O)c1ccc(OCCCCCCOc2ccc(N=Nc3ccc([N+](=O)[O-])cc3)cc2)c(C(=O)OCC)c1. The smallest absolute Gasteiger partial charge is 0.341 e. The van der Waals surface area contributed by atoms with E-state index in [4.69, 9.17) is 18.9 Å². The van der Waals surface area contributed by atoms with Crippen LogP contribution in [0.3, 0.4) is 0 Å². The van der Waals surface area contributed by atoms with Crippen LogP contribution in [0.25, 0.3) is 0 Å². The lowest BCUT2D eigenvalue weighted by atomic mass is 10.1. The number of esters is 2. The van der Waals surface area contributed by atoms with E-state index in [0.717, 1.165) is 31.4 Å². The number of rotatable bonds is 16. The molecule has 11 nitrogen and oxygen atoms in total. The number of non-ortho nitro benzene ring substituents is 1. The lowest BCUT2D eigenvalue weighted by Gasteiger charge is -2.12. The zero-order chi connectivity index (χ0) is 29.5. The Bertz CT molecular complexity index is 1320. The summed E-state index contributed by atoms with van der Waals surface area (Å²) in [7, 11) is 0. The molecule has 0 saturated heterocycles. The Balaban J connectivity index is 1.36. The largest absolute Gasteiger partial charge is 0.494 e. The predicted molar refractivity (Wildman–Crippen MR) is 152 cm³/mol. The first kappa shape index (κ1) is 30.7. The van der Waals surface area contributed by atoms with Crippen LogP contribution < -0.4 is 9.47 Å². The van der Waals surface area contributed by atoms with Crippen LogP contribution in [0.15, 0.2) is 77.0 Å². The summed E-state index contributed by atoms with van der Waals surface area (Å²) < 4.78 is 21.7. The molecule has 0 amide bonds. The van der Waals surface area contributed by atoms with Gasteiger partial charge < -0.3 is 18.9 Å². The monoisotopic (exact) mass is 563 g/mol. The minimum absolute atomic E-state index is 0.00246. The first-order valence-corrected chi connectivity index (χ1v) is 13.4. The van der Waals surface area contributed by atoms with Crippen LogP contribution in [0.4, 0.5) is 17.1 Å². The molecular formula is C30H33N3O8. The van der Waals surface area contributed by atoms with Crippen LogP contribution in [0.5, 0.6) is 11.5 Å². The first-order chi connectivity index (χ1) is 19.9. The maximum Gasteiger partial charge on any atom is 0.341 e. The normalized spacial score (nSPS) is 10.8. The first-order valence-electron chi connectivity index (χ1n) is 13.4. The highest BCUT2D eigenvalue weighted by molar-refractivity contribution is 5.97. The third-order valence-electron chi connectivity index (χ3n) is 5.73. The van der Waals surface area contributed by atoms with Crippen molar-refractivity contribution in [3.8, 4) is 11.5 Å². The van der Waals surface area contributed by atoms with Gasteiger partial charge in [-0.15, -0.1) is 0 Å². The summed E-state index contributed by atoms with van der Waals surface area (Å²) in [5.74, 6) is 0.0373. The fraction of sp³-hybridized carbons (Fsp3) is 0.333. The molecule has 0 heterocycles. The van der Waals surface area contributed by atoms with E-state index in [1.807, 2.05) is 12.1 Å². The molecular weight excluding hydrogens is 530 g/mol. The average molecular weight is 564 g/mol. The van der Waals surface area contributed by atoms with Gasteiger partial charge in [-0.05, 0) is 94.1 Å². The molecule has 0 aliphatic carbocycles. The maximum absolute atomic E-state index is 12.4. The Morgan fingerprint density at radius 3 is 1.88 bits per heavy atom. The molecule has 0 aliphatic rings. The summed E-state index contributed by atoms with van der Waals surface area (Å²) in [4.78, 5) is 34.7. The zero-order valence-electron chi connectivity index (χ0n) is 23.1. The molecule has 216 valence electrons. The Morgan fingerprint density at radius 2 is 1.29 bits per heavy atom. The molecule has 3 rings (SSSR count). The molecule has 0 aliphatic heterocycles. The van der Waals surface area contributed by atoms with Gasteiger partial charge in [0.1, 0.15) is 17.1 Å². The van der Waals surface area contributed by atoms with Gasteiger partial charge in [0.2, 0.25) is 0 Å². The molecule has 0 atom stereocenters. The fourth-order valence-corrected chi connectivity index (χ4v) is 3.66. The summed E-state index contributed by atoms with van der Waals surface area (Å²) in [6, 6.07) is 17.6. The molecule has 0 N–H and O–H groups in total. The number of carbonyl (C=O) groups is 2. The van der Waals surface area contributed by atoms with Gasteiger partial charge in [0.05, 0.1) is 48.3 Å². The van der Waals surface area contributed by atoms with E-state index in [9.17, 15) is 19.7 Å². The summed E-state index contributed by atoms with van der Waals surface area (Å²) in [5, 5.41) is 18.9. The number of nitro groups is 1. The van der Waals surface area contributed by atoms with Crippen molar-refractivity contribution in [3.63, 3.8) is 0 Å². The molecule has 3 aromatic rings. The van der Waals surface area contributed by atoms with Crippen molar-refractivity contribution >= 4 is 29.0 Å². The molecule has 0 bridgehead atoms. The van der Waals surface area contributed by atoms with Crippen LogP contribution in [-0.4, -0.2) is 43.3 Å². The van der Waals surface area contributed by atoms with Crippen LogP contribution in [0, 0.1) is 10.1 Å². The molecule has 0 spiro atoms. The second kappa shape index (κ2) is 16.3. The van der Waals surface area contributed by atoms with Gasteiger partial charge in [-0.25, -0.2) is 9.59 Å². The van der Waals surface area contributed by atoms with Crippen LogP contribution in [0.1, 0.15) is 60.2 Å². The Morgan fingerprint density at radius 1 is 0.732 bits per heavy atom. The highest BCUT2D eigenvalue weighted by atomic mass is 16.6. The highest BCUT2D eigenvalue weighted by Crippen LogP contribution is 2.24. The molecule has 0 fully saturated rings. The molecule has 3 aromatic carbocycles. The molecule has 41 heavy (non-hydrogen) atoms. The van der Waals surface area contributed by atoms with E-state index in [0.29, 0.717) is 30.3 Å². The third-order valence-corrected chi connectivity index (χ3v) is 5.73. The average Bonchev–Trinajstić information content (AvgIpc) is 2.98. The van der Waals surface area contributed by atoms with Crippen LogP contribution >= 0.6 is 0 Å². The van der Waals surface area contributed by atoms with Gasteiger partial charge in [0, 0.05) is 12.1 Å². The number of benzene rings is 3. The Kier molecular flexibility index (Phi) is 12.2. The van der Waals surface area contributed by atoms with Crippen LogP contribution in [-0.2, 0) is 9.47 Å². The maximum atomic E-state index is 12.4. The number of nitrogens with zero attached hydrogens (tertiary/aromatic N) is 3. The van der Waals surface area contributed by atoms with E-state index >= 15 is 0 Å². The number of hydrogen-bond donors (Lipinski definition) is 0. The van der Waals surface area contributed by atoms with E-state index in [1.165, 1.54) is 30.3 Å². The molecule has 0 saturated carbocycles. The van der Waals surface area contributed by atoms with Gasteiger partial charge in [0.25, 0.3) is 5.69 Å². The quantitative estimate of drug-likeness (QED) is 0.0578. The summed E-state index contributed by atoms with van der Waals surface area (Å²) in [6.45, 7) is 4.86. The number of hydrogen-bond acceptors (Lipinski definition) is 10. The van der Waals surface area contributed by atoms with Crippen LogP contribution in [0.2, 0.25) is 0 Å². The van der Waals surface area contributed by atoms with E-state index in [-0.39, 0.29) is 30.0 Å². The minimum Gasteiger partial charge on any atom is -0.494 e. The van der Waals surface area contributed by atoms with Gasteiger partial charge in [-0.3, -0.25) is 10.1 Å². The van der Waals surface area contributed by atoms with Crippen molar-refractivity contribution in [2.24, 2.45) is 10.2 Å². The second-order valence-electron chi connectivity index (χ2n) is 8.73. The molecule has 0 aromatic heterocycles. The Hall–Kier alpha value is -4.80. The van der Waals surface area contributed by atoms with E-state index in [1.54, 1.807) is 38.1 Å².